The summed E-state index contributed by atoms with van der Waals surface area (Å²) in [5, 5.41) is 5.69. The van der Waals surface area contributed by atoms with Crippen LogP contribution in [0.15, 0.2) is 84.9 Å². The maximum absolute atomic E-state index is 13.0. The zero-order chi connectivity index (χ0) is 23.5. The van der Waals surface area contributed by atoms with Crippen LogP contribution in [0.4, 0.5) is 11.4 Å². The Labute approximate surface area is 196 Å². The smallest absolute Gasteiger partial charge is 0.257 e. The Hall–Kier alpha value is -4.65. The van der Waals surface area contributed by atoms with Crippen molar-refractivity contribution in [3.63, 3.8) is 0 Å². The third kappa shape index (κ3) is 4.31. The number of pyridine rings is 1. The fourth-order valence-corrected chi connectivity index (χ4v) is 3.72. The van der Waals surface area contributed by atoms with Gasteiger partial charge in [-0.3, -0.25) is 14.6 Å². The Morgan fingerprint density at radius 2 is 1.50 bits per heavy atom. The number of amides is 2. The standard InChI is InChI=1S/C27H21N3O4/c1-17-20(12-13-22(28-17)18-7-3-2-4-8-18)26(31)30-23-10-6-5-9-21(23)27(32)29-19-11-14-24-25(15-19)34-16-33-24/h2-15H,16H2,1H3,(H,29,32)(H,30,31). The van der Waals surface area contributed by atoms with Crippen molar-refractivity contribution in [2.75, 3.05) is 17.4 Å². The van der Waals surface area contributed by atoms with E-state index < -0.39 is 0 Å². The topological polar surface area (TPSA) is 89.6 Å². The predicted molar refractivity (Wildman–Crippen MR) is 129 cm³/mol. The van der Waals surface area contributed by atoms with Gasteiger partial charge < -0.3 is 20.1 Å². The molecule has 2 heterocycles. The summed E-state index contributed by atoms with van der Waals surface area (Å²) >= 11 is 0. The summed E-state index contributed by atoms with van der Waals surface area (Å²) in [6.07, 6.45) is 0. The van der Waals surface area contributed by atoms with Crippen molar-refractivity contribution in [2.24, 2.45) is 0 Å². The predicted octanol–water partition coefficient (Wildman–Crippen LogP) is 5.29. The van der Waals surface area contributed by atoms with Gasteiger partial charge in [0.25, 0.3) is 11.8 Å². The third-order valence-corrected chi connectivity index (χ3v) is 5.45. The van der Waals surface area contributed by atoms with E-state index >= 15 is 0 Å². The van der Waals surface area contributed by atoms with Gasteiger partial charge in [0.15, 0.2) is 11.5 Å². The van der Waals surface area contributed by atoms with Crippen LogP contribution in [0, 0.1) is 6.92 Å². The molecule has 0 unspecified atom stereocenters. The molecule has 0 fully saturated rings. The van der Waals surface area contributed by atoms with Gasteiger partial charge in [0, 0.05) is 17.3 Å². The first-order valence-corrected chi connectivity index (χ1v) is 10.7. The number of carbonyl (C=O) groups excluding carboxylic acids is 2. The van der Waals surface area contributed by atoms with E-state index in [2.05, 4.69) is 15.6 Å². The van der Waals surface area contributed by atoms with E-state index in [0.717, 1.165) is 11.3 Å². The second-order valence-corrected chi connectivity index (χ2v) is 7.72. The van der Waals surface area contributed by atoms with Crippen molar-refractivity contribution in [1.82, 2.24) is 4.98 Å². The minimum absolute atomic E-state index is 0.155. The Balaban J connectivity index is 1.34. The minimum atomic E-state index is -0.357. The molecule has 168 valence electrons. The van der Waals surface area contributed by atoms with Crippen molar-refractivity contribution >= 4 is 23.2 Å². The Morgan fingerprint density at radius 1 is 0.765 bits per heavy atom. The van der Waals surface area contributed by atoms with Crippen molar-refractivity contribution in [3.8, 4) is 22.8 Å². The molecule has 1 aromatic heterocycles. The van der Waals surface area contributed by atoms with Gasteiger partial charge in [-0.15, -0.1) is 0 Å². The first-order chi connectivity index (χ1) is 16.6. The maximum Gasteiger partial charge on any atom is 0.257 e. The molecule has 7 nitrogen and oxygen atoms in total. The average molecular weight is 451 g/mol. The number of carbonyl (C=O) groups is 2. The zero-order valence-corrected chi connectivity index (χ0v) is 18.4. The molecule has 1 aliphatic heterocycles. The molecule has 4 aromatic rings. The molecule has 1 aliphatic rings. The van der Waals surface area contributed by atoms with Crippen LogP contribution < -0.4 is 20.1 Å². The van der Waals surface area contributed by atoms with Gasteiger partial charge in [-0.25, -0.2) is 0 Å². The van der Waals surface area contributed by atoms with Crippen molar-refractivity contribution in [3.05, 3.63) is 102 Å². The molecule has 7 heteroatoms. The average Bonchev–Trinajstić information content (AvgIpc) is 3.33. The van der Waals surface area contributed by atoms with E-state index in [9.17, 15) is 9.59 Å². The Bertz CT molecular complexity index is 1390. The minimum Gasteiger partial charge on any atom is -0.454 e. The summed E-state index contributed by atoms with van der Waals surface area (Å²) in [5.41, 5.74) is 4.09. The van der Waals surface area contributed by atoms with Crippen LogP contribution in [-0.4, -0.2) is 23.6 Å². The van der Waals surface area contributed by atoms with E-state index in [1.54, 1.807) is 55.5 Å². The van der Waals surface area contributed by atoms with Crippen LogP contribution in [0.5, 0.6) is 11.5 Å². The molecule has 34 heavy (non-hydrogen) atoms. The molecule has 0 radical (unpaired) electrons. The molecule has 0 bridgehead atoms. The van der Waals surface area contributed by atoms with Crippen molar-refractivity contribution in [2.45, 2.75) is 6.92 Å². The van der Waals surface area contributed by atoms with Crippen LogP contribution in [-0.2, 0) is 0 Å². The molecule has 0 saturated carbocycles. The Morgan fingerprint density at radius 3 is 2.32 bits per heavy atom. The van der Waals surface area contributed by atoms with E-state index in [-0.39, 0.29) is 18.6 Å². The first kappa shape index (κ1) is 21.2. The molecule has 2 N–H and O–H groups in total. The maximum atomic E-state index is 13.0. The lowest BCUT2D eigenvalue weighted by Gasteiger charge is -2.13. The van der Waals surface area contributed by atoms with Gasteiger partial charge >= 0.3 is 0 Å². The van der Waals surface area contributed by atoms with Gasteiger partial charge in [0.2, 0.25) is 6.79 Å². The number of rotatable bonds is 5. The molecular formula is C27H21N3O4. The van der Waals surface area contributed by atoms with Crippen LogP contribution >= 0.6 is 0 Å². The first-order valence-electron chi connectivity index (χ1n) is 10.7. The summed E-state index contributed by atoms with van der Waals surface area (Å²) in [7, 11) is 0. The highest BCUT2D eigenvalue weighted by Crippen LogP contribution is 2.34. The summed E-state index contributed by atoms with van der Waals surface area (Å²) in [4.78, 5) is 30.6. The van der Waals surface area contributed by atoms with Gasteiger partial charge in [-0.2, -0.15) is 0 Å². The lowest BCUT2D eigenvalue weighted by atomic mass is 10.1. The fraction of sp³-hybridized carbons (Fsp3) is 0.0741. The molecule has 0 spiro atoms. The number of ether oxygens (including phenoxy) is 2. The second-order valence-electron chi connectivity index (χ2n) is 7.72. The van der Waals surface area contributed by atoms with Crippen LogP contribution in [0.3, 0.4) is 0 Å². The van der Waals surface area contributed by atoms with Gasteiger partial charge in [-0.05, 0) is 43.3 Å². The van der Waals surface area contributed by atoms with Crippen LogP contribution in [0.25, 0.3) is 11.3 Å². The number of nitrogens with one attached hydrogen (secondary N) is 2. The molecule has 0 saturated heterocycles. The number of fused-ring (bicyclic) bond motifs is 1. The lowest BCUT2D eigenvalue weighted by molar-refractivity contribution is 0.102. The van der Waals surface area contributed by atoms with Gasteiger partial charge in [0.1, 0.15) is 0 Å². The number of hydrogen-bond acceptors (Lipinski definition) is 5. The number of aromatic nitrogens is 1. The largest absolute Gasteiger partial charge is 0.454 e. The Kier molecular flexibility index (Phi) is 5.66. The van der Waals surface area contributed by atoms with Crippen LogP contribution in [0.1, 0.15) is 26.4 Å². The van der Waals surface area contributed by atoms with Crippen molar-refractivity contribution < 1.29 is 19.1 Å². The highest BCUT2D eigenvalue weighted by Gasteiger charge is 2.18. The highest BCUT2D eigenvalue weighted by atomic mass is 16.7. The van der Waals surface area contributed by atoms with E-state index in [4.69, 9.17) is 9.47 Å². The number of para-hydroxylation sites is 1. The fourth-order valence-electron chi connectivity index (χ4n) is 3.72. The summed E-state index contributed by atoms with van der Waals surface area (Å²) in [5.74, 6) is 0.506. The van der Waals surface area contributed by atoms with Crippen LogP contribution in [0.2, 0.25) is 0 Å². The molecule has 3 aromatic carbocycles. The summed E-state index contributed by atoms with van der Waals surface area (Å²) in [6, 6.07) is 25.3. The number of nitrogens with zero attached hydrogens (tertiary/aromatic N) is 1. The number of anilines is 2. The van der Waals surface area contributed by atoms with E-state index in [1.807, 2.05) is 36.4 Å². The SMILES string of the molecule is Cc1nc(-c2ccccc2)ccc1C(=O)Nc1ccccc1C(=O)Nc1ccc2c(c1)OCO2. The zero-order valence-electron chi connectivity index (χ0n) is 18.4. The molecule has 2 amide bonds. The van der Waals surface area contributed by atoms with E-state index in [1.165, 1.54) is 0 Å². The quantitative estimate of drug-likeness (QED) is 0.430. The number of benzene rings is 3. The summed E-state index contributed by atoms with van der Waals surface area (Å²) < 4.78 is 10.7. The highest BCUT2D eigenvalue weighted by molar-refractivity contribution is 6.12. The molecule has 0 atom stereocenters. The third-order valence-electron chi connectivity index (χ3n) is 5.45. The normalized spacial score (nSPS) is 11.7. The number of aryl methyl sites for hydroxylation is 1. The van der Waals surface area contributed by atoms with E-state index in [0.29, 0.717) is 39.7 Å². The monoisotopic (exact) mass is 451 g/mol. The second kappa shape index (κ2) is 9.07. The van der Waals surface area contributed by atoms with Crippen molar-refractivity contribution in [1.29, 1.82) is 0 Å². The molecule has 0 aliphatic carbocycles. The number of hydrogen-bond donors (Lipinski definition) is 2. The summed E-state index contributed by atoms with van der Waals surface area (Å²) in [6.45, 7) is 1.95. The molecule has 5 rings (SSSR count). The molecular weight excluding hydrogens is 430 g/mol. The lowest BCUT2D eigenvalue weighted by Crippen LogP contribution is -2.19. The van der Waals surface area contributed by atoms with Gasteiger partial charge in [0.05, 0.1) is 28.2 Å². The van der Waals surface area contributed by atoms with Gasteiger partial charge in [-0.1, -0.05) is 42.5 Å².